The zero-order valence-electron chi connectivity index (χ0n) is 17.6. The van der Waals surface area contributed by atoms with Crippen LogP contribution in [0.5, 0.6) is 0 Å². The van der Waals surface area contributed by atoms with Gasteiger partial charge in [-0.25, -0.2) is 8.42 Å². The third kappa shape index (κ3) is 6.65. The van der Waals surface area contributed by atoms with Gasteiger partial charge in [-0.3, -0.25) is 14.5 Å². The molecule has 2 amide bonds. The molecule has 0 spiro atoms. The average molecular weight is 455 g/mol. The summed E-state index contributed by atoms with van der Waals surface area (Å²) >= 11 is 0. The maximum atomic E-state index is 12.5. The van der Waals surface area contributed by atoms with Gasteiger partial charge < -0.3 is 10.6 Å². The quantitative estimate of drug-likeness (QED) is 0.523. The summed E-state index contributed by atoms with van der Waals surface area (Å²) in [7, 11) is -3.69. The van der Waals surface area contributed by atoms with Gasteiger partial charge in [-0.1, -0.05) is 24.1 Å². The van der Waals surface area contributed by atoms with E-state index in [0.29, 0.717) is 25.2 Å². The SMILES string of the molecule is C#CCNS(=O)(=O)c1ccc(C(=O)NC2CCN(CC(=O)Nc3ccccc3)CC2)cc1. The molecule has 32 heavy (non-hydrogen) atoms. The average Bonchev–Trinajstić information content (AvgIpc) is 2.79. The van der Waals surface area contributed by atoms with Crippen LogP contribution in [0.4, 0.5) is 5.69 Å². The molecule has 0 saturated carbocycles. The van der Waals surface area contributed by atoms with Crippen molar-refractivity contribution in [3.63, 3.8) is 0 Å². The van der Waals surface area contributed by atoms with Crippen LogP contribution >= 0.6 is 0 Å². The molecule has 1 aliphatic heterocycles. The Balaban J connectivity index is 1.45. The van der Waals surface area contributed by atoms with Crippen molar-refractivity contribution in [3.05, 3.63) is 60.2 Å². The number of nitrogens with zero attached hydrogens (tertiary/aromatic N) is 1. The molecule has 8 nitrogen and oxygen atoms in total. The van der Waals surface area contributed by atoms with E-state index in [4.69, 9.17) is 6.42 Å². The highest BCUT2D eigenvalue weighted by atomic mass is 32.2. The summed E-state index contributed by atoms with van der Waals surface area (Å²) in [5, 5.41) is 5.86. The van der Waals surface area contributed by atoms with Crippen LogP contribution in [-0.4, -0.2) is 57.4 Å². The minimum atomic E-state index is -3.69. The van der Waals surface area contributed by atoms with Crippen molar-refractivity contribution in [2.45, 2.75) is 23.8 Å². The van der Waals surface area contributed by atoms with Gasteiger partial charge >= 0.3 is 0 Å². The summed E-state index contributed by atoms with van der Waals surface area (Å²) in [6, 6.07) is 15.0. The van der Waals surface area contributed by atoms with Crippen molar-refractivity contribution in [3.8, 4) is 12.3 Å². The molecule has 0 bridgehead atoms. The number of amides is 2. The highest BCUT2D eigenvalue weighted by molar-refractivity contribution is 7.89. The molecule has 1 fully saturated rings. The number of terminal acetylenes is 1. The number of carbonyl (C=O) groups is 2. The van der Waals surface area contributed by atoms with E-state index in [-0.39, 0.29) is 29.3 Å². The van der Waals surface area contributed by atoms with E-state index < -0.39 is 10.0 Å². The molecule has 1 saturated heterocycles. The number of hydrogen-bond acceptors (Lipinski definition) is 5. The predicted molar refractivity (Wildman–Crippen MR) is 122 cm³/mol. The molecule has 2 aromatic rings. The van der Waals surface area contributed by atoms with Gasteiger partial charge in [0.05, 0.1) is 18.0 Å². The summed E-state index contributed by atoms with van der Waals surface area (Å²) in [6.45, 7) is 1.60. The summed E-state index contributed by atoms with van der Waals surface area (Å²) in [5.41, 5.74) is 1.15. The van der Waals surface area contributed by atoms with Crippen molar-refractivity contribution >= 4 is 27.5 Å². The maximum Gasteiger partial charge on any atom is 0.251 e. The van der Waals surface area contributed by atoms with Crippen molar-refractivity contribution in [2.75, 3.05) is 31.5 Å². The Morgan fingerprint density at radius 1 is 1.03 bits per heavy atom. The van der Waals surface area contributed by atoms with Crippen LogP contribution in [0.1, 0.15) is 23.2 Å². The number of anilines is 1. The minimum absolute atomic E-state index is 0.00311. The van der Waals surface area contributed by atoms with Gasteiger partial charge in [0, 0.05) is 30.4 Å². The molecule has 2 aromatic carbocycles. The lowest BCUT2D eigenvalue weighted by molar-refractivity contribution is -0.117. The van der Waals surface area contributed by atoms with Gasteiger partial charge in [0.25, 0.3) is 5.91 Å². The van der Waals surface area contributed by atoms with Crippen LogP contribution in [-0.2, 0) is 14.8 Å². The smallest absolute Gasteiger partial charge is 0.251 e. The Labute approximate surface area is 188 Å². The van der Waals surface area contributed by atoms with Crippen molar-refractivity contribution in [1.82, 2.24) is 14.9 Å². The van der Waals surface area contributed by atoms with Crippen LogP contribution in [0.25, 0.3) is 0 Å². The number of piperidine rings is 1. The van der Waals surface area contributed by atoms with Gasteiger partial charge in [-0.15, -0.1) is 6.42 Å². The number of benzene rings is 2. The molecule has 0 atom stereocenters. The zero-order valence-corrected chi connectivity index (χ0v) is 18.4. The second-order valence-electron chi connectivity index (χ2n) is 7.49. The van der Waals surface area contributed by atoms with Crippen LogP contribution in [0, 0.1) is 12.3 Å². The topological polar surface area (TPSA) is 108 Å². The first-order chi connectivity index (χ1) is 15.4. The van der Waals surface area contributed by atoms with Crippen LogP contribution < -0.4 is 15.4 Å². The standard InChI is InChI=1S/C23H26N4O4S/c1-2-14-24-32(30,31)21-10-8-18(9-11-21)23(29)26-20-12-15-27(16-13-20)17-22(28)25-19-6-4-3-5-7-19/h1,3-11,20,24H,12-17H2,(H,25,28)(H,26,29). The van der Waals surface area contributed by atoms with E-state index in [1.165, 1.54) is 24.3 Å². The Hall–Kier alpha value is -3.19. The largest absolute Gasteiger partial charge is 0.349 e. The third-order valence-corrected chi connectivity index (χ3v) is 6.56. The first-order valence-corrected chi connectivity index (χ1v) is 11.8. The molecule has 168 valence electrons. The number of rotatable bonds is 8. The number of likely N-dealkylation sites (tertiary alicyclic amines) is 1. The van der Waals surface area contributed by atoms with Crippen molar-refractivity contribution in [2.24, 2.45) is 0 Å². The second-order valence-corrected chi connectivity index (χ2v) is 9.26. The lowest BCUT2D eigenvalue weighted by Crippen LogP contribution is -2.46. The monoisotopic (exact) mass is 454 g/mol. The van der Waals surface area contributed by atoms with Crippen LogP contribution in [0.3, 0.4) is 0 Å². The van der Waals surface area contributed by atoms with Gasteiger partial charge in [-0.2, -0.15) is 4.72 Å². The number of para-hydroxylation sites is 1. The lowest BCUT2D eigenvalue weighted by atomic mass is 10.0. The Bertz CT molecular complexity index is 1070. The van der Waals surface area contributed by atoms with Gasteiger partial charge in [0.15, 0.2) is 0 Å². The van der Waals surface area contributed by atoms with E-state index in [1.54, 1.807) is 0 Å². The molecule has 0 aliphatic carbocycles. The minimum Gasteiger partial charge on any atom is -0.349 e. The normalized spacial score (nSPS) is 15.0. The molecule has 1 heterocycles. The van der Waals surface area contributed by atoms with Crippen molar-refractivity contribution in [1.29, 1.82) is 0 Å². The number of sulfonamides is 1. The molecular formula is C23H26N4O4S. The molecule has 0 unspecified atom stereocenters. The highest BCUT2D eigenvalue weighted by Gasteiger charge is 2.23. The third-order valence-electron chi connectivity index (χ3n) is 5.14. The number of nitrogens with one attached hydrogen (secondary N) is 3. The Kier molecular flexibility index (Phi) is 8.00. The summed E-state index contributed by atoms with van der Waals surface area (Å²) in [5.74, 6) is 1.89. The fourth-order valence-electron chi connectivity index (χ4n) is 3.43. The van der Waals surface area contributed by atoms with E-state index in [1.807, 2.05) is 30.3 Å². The molecule has 1 aliphatic rings. The molecule has 9 heteroatoms. The Morgan fingerprint density at radius 2 is 1.69 bits per heavy atom. The molecule has 0 aromatic heterocycles. The first kappa shape index (κ1) is 23.5. The van der Waals surface area contributed by atoms with Gasteiger partial charge in [-0.05, 0) is 49.2 Å². The van der Waals surface area contributed by atoms with E-state index >= 15 is 0 Å². The Morgan fingerprint density at radius 3 is 2.31 bits per heavy atom. The van der Waals surface area contributed by atoms with Crippen molar-refractivity contribution < 1.29 is 18.0 Å². The van der Waals surface area contributed by atoms with E-state index in [0.717, 1.165) is 18.5 Å². The number of carbonyl (C=O) groups excluding carboxylic acids is 2. The van der Waals surface area contributed by atoms with Crippen LogP contribution in [0.2, 0.25) is 0 Å². The van der Waals surface area contributed by atoms with Gasteiger partial charge in [0.2, 0.25) is 15.9 Å². The lowest BCUT2D eigenvalue weighted by Gasteiger charge is -2.31. The van der Waals surface area contributed by atoms with Crippen LogP contribution in [0.15, 0.2) is 59.5 Å². The number of hydrogen-bond donors (Lipinski definition) is 3. The van der Waals surface area contributed by atoms with E-state index in [2.05, 4.69) is 26.2 Å². The zero-order chi connectivity index (χ0) is 23.0. The fourth-order valence-corrected chi connectivity index (χ4v) is 4.37. The second kappa shape index (κ2) is 10.9. The molecule has 3 N–H and O–H groups in total. The fraction of sp³-hybridized carbons (Fsp3) is 0.304. The summed E-state index contributed by atoms with van der Waals surface area (Å²) < 4.78 is 26.4. The maximum absolute atomic E-state index is 12.5. The molecular weight excluding hydrogens is 428 g/mol. The predicted octanol–water partition coefficient (Wildman–Crippen LogP) is 1.43. The highest BCUT2D eigenvalue weighted by Crippen LogP contribution is 2.14. The van der Waals surface area contributed by atoms with E-state index in [9.17, 15) is 18.0 Å². The van der Waals surface area contributed by atoms with Gasteiger partial charge in [0.1, 0.15) is 0 Å². The molecule has 0 radical (unpaired) electrons. The summed E-state index contributed by atoms with van der Waals surface area (Å²) in [6.07, 6.45) is 6.54. The summed E-state index contributed by atoms with van der Waals surface area (Å²) in [4.78, 5) is 26.8. The first-order valence-electron chi connectivity index (χ1n) is 10.3. The molecule has 3 rings (SSSR count).